The van der Waals surface area contributed by atoms with Crippen molar-refractivity contribution < 1.29 is 9.53 Å². The van der Waals surface area contributed by atoms with Crippen LogP contribution in [0, 0.1) is 0 Å². The van der Waals surface area contributed by atoms with Crippen molar-refractivity contribution in [2.45, 2.75) is 43.8 Å². The van der Waals surface area contributed by atoms with Crippen molar-refractivity contribution in [1.29, 1.82) is 0 Å². The summed E-state index contributed by atoms with van der Waals surface area (Å²) in [5.74, 6) is 0.471. The van der Waals surface area contributed by atoms with Gasteiger partial charge in [0.2, 0.25) is 5.91 Å². The number of ether oxygens (including phenoxy) is 1. The molecule has 2 aliphatic rings. The average molecular weight is 280 g/mol. The molecule has 8 heteroatoms. The second kappa shape index (κ2) is 5.10. The largest absolute Gasteiger partial charge is 0.382 e. The Kier molecular flexibility index (Phi) is 3.43. The van der Waals surface area contributed by atoms with Crippen molar-refractivity contribution in [2.75, 3.05) is 20.3 Å². The van der Waals surface area contributed by atoms with Crippen LogP contribution in [-0.2, 0) is 16.1 Å². The molecular formula is C12H20N6O2. The third kappa shape index (κ3) is 2.18. The van der Waals surface area contributed by atoms with E-state index in [-0.39, 0.29) is 5.91 Å². The number of hydrogen-bond donors (Lipinski definition) is 1. The van der Waals surface area contributed by atoms with Gasteiger partial charge >= 0.3 is 0 Å². The molecule has 0 spiro atoms. The number of likely N-dealkylation sites (tertiary alicyclic amines) is 1. The highest BCUT2D eigenvalue weighted by Crippen LogP contribution is 2.36. The highest BCUT2D eigenvalue weighted by molar-refractivity contribution is 5.85. The first-order chi connectivity index (χ1) is 9.67. The number of methoxy groups -OCH3 is 1. The average Bonchev–Trinajstić information content (AvgIpc) is 3.02. The van der Waals surface area contributed by atoms with Gasteiger partial charge in [-0.3, -0.25) is 9.69 Å². The summed E-state index contributed by atoms with van der Waals surface area (Å²) in [6.45, 7) is 1.66. The molecule has 1 aromatic heterocycles. The smallest absolute Gasteiger partial charge is 0.240 e. The molecule has 0 aromatic carbocycles. The fraction of sp³-hybridized carbons (Fsp3) is 0.833. The number of tetrazole rings is 1. The van der Waals surface area contributed by atoms with E-state index in [0.717, 1.165) is 38.1 Å². The number of amides is 1. The van der Waals surface area contributed by atoms with Crippen LogP contribution in [0.4, 0.5) is 0 Å². The maximum absolute atomic E-state index is 11.9. The number of nitrogens with zero attached hydrogens (tertiary/aromatic N) is 5. The molecule has 8 nitrogen and oxygen atoms in total. The molecule has 1 amide bonds. The van der Waals surface area contributed by atoms with Crippen LogP contribution in [0.15, 0.2) is 0 Å². The van der Waals surface area contributed by atoms with Crippen LogP contribution < -0.4 is 5.73 Å². The molecule has 20 heavy (non-hydrogen) atoms. The van der Waals surface area contributed by atoms with Crippen LogP contribution in [-0.4, -0.2) is 56.8 Å². The monoisotopic (exact) mass is 280 g/mol. The Hall–Kier alpha value is -1.54. The number of rotatable bonds is 6. The minimum atomic E-state index is -0.727. The van der Waals surface area contributed by atoms with E-state index in [2.05, 4.69) is 20.4 Å². The molecule has 1 atom stereocenters. The van der Waals surface area contributed by atoms with Crippen molar-refractivity contribution in [2.24, 2.45) is 5.73 Å². The SMILES string of the molecule is COCC1(C(N)=O)CCCN1Cc1nnnn1C1CC1. The molecule has 110 valence electrons. The minimum Gasteiger partial charge on any atom is -0.382 e. The van der Waals surface area contributed by atoms with E-state index in [1.807, 2.05) is 4.68 Å². The number of primary amides is 1. The Labute approximate surface area is 117 Å². The van der Waals surface area contributed by atoms with Crippen LogP contribution >= 0.6 is 0 Å². The van der Waals surface area contributed by atoms with Crippen LogP contribution in [0.3, 0.4) is 0 Å². The summed E-state index contributed by atoms with van der Waals surface area (Å²) >= 11 is 0. The van der Waals surface area contributed by atoms with Gasteiger partial charge in [0, 0.05) is 7.11 Å². The first kappa shape index (κ1) is 13.4. The van der Waals surface area contributed by atoms with E-state index < -0.39 is 5.54 Å². The zero-order valence-electron chi connectivity index (χ0n) is 11.7. The Morgan fingerprint density at radius 1 is 1.55 bits per heavy atom. The Bertz CT molecular complexity index is 500. The predicted octanol–water partition coefficient (Wildman–Crippen LogP) is -0.526. The predicted molar refractivity (Wildman–Crippen MR) is 69.5 cm³/mol. The maximum atomic E-state index is 11.9. The molecule has 1 saturated heterocycles. The second-order valence-corrected chi connectivity index (χ2v) is 5.62. The Morgan fingerprint density at radius 2 is 2.35 bits per heavy atom. The van der Waals surface area contributed by atoms with Crippen molar-refractivity contribution in [3.8, 4) is 0 Å². The van der Waals surface area contributed by atoms with Crippen molar-refractivity contribution >= 4 is 5.91 Å². The summed E-state index contributed by atoms with van der Waals surface area (Å²) in [6, 6.07) is 0.424. The summed E-state index contributed by atoms with van der Waals surface area (Å²) in [5.41, 5.74) is 4.90. The van der Waals surface area contributed by atoms with Gasteiger partial charge in [-0.15, -0.1) is 5.10 Å². The van der Waals surface area contributed by atoms with Gasteiger partial charge in [0.15, 0.2) is 5.82 Å². The number of carbonyl (C=O) groups excluding carboxylic acids is 1. The molecule has 1 aliphatic heterocycles. The summed E-state index contributed by atoms with van der Waals surface area (Å²) in [7, 11) is 1.59. The normalized spacial score (nSPS) is 27.1. The van der Waals surface area contributed by atoms with Gasteiger partial charge in [-0.2, -0.15) is 0 Å². The van der Waals surface area contributed by atoms with Gasteiger partial charge in [-0.25, -0.2) is 4.68 Å². The first-order valence-corrected chi connectivity index (χ1v) is 6.98. The number of aromatic nitrogens is 4. The van der Waals surface area contributed by atoms with E-state index in [1.165, 1.54) is 0 Å². The zero-order chi connectivity index (χ0) is 14.2. The summed E-state index contributed by atoms with van der Waals surface area (Å²) in [5, 5.41) is 11.9. The maximum Gasteiger partial charge on any atom is 0.240 e. The highest BCUT2D eigenvalue weighted by Gasteiger charge is 2.47. The fourth-order valence-electron chi connectivity index (χ4n) is 3.01. The molecule has 0 radical (unpaired) electrons. The van der Waals surface area contributed by atoms with E-state index >= 15 is 0 Å². The van der Waals surface area contributed by atoms with Crippen LogP contribution in [0.1, 0.15) is 37.5 Å². The topological polar surface area (TPSA) is 99.2 Å². The summed E-state index contributed by atoms with van der Waals surface area (Å²) in [4.78, 5) is 14.0. The van der Waals surface area contributed by atoms with Gasteiger partial charge in [-0.1, -0.05) is 0 Å². The Morgan fingerprint density at radius 3 is 3.00 bits per heavy atom. The minimum absolute atomic E-state index is 0.313. The standard InChI is InChI=1S/C12H20N6O2/c1-20-8-12(11(13)19)5-2-6-17(12)7-10-14-15-16-18(10)9-3-4-9/h9H,2-8H2,1H3,(H2,13,19). The van der Waals surface area contributed by atoms with E-state index in [4.69, 9.17) is 10.5 Å². The third-order valence-corrected chi connectivity index (χ3v) is 4.25. The molecule has 1 aromatic rings. The Balaban J connectivity index is 1.81. The quantitative estimate of drug-likeness (QED) is 0.752. The van der Waals surface area contributed by atoms with Crippen molar-refractivity contribution in [1.82, 2.24) is 25.1 Å². The van der Waals surface area contributed by atoms with Crippen LogP contribution in [0.25, 0.3) is 0 Å². The van der Waals surface area contributed by atoms with Gasteiger partial charge in [0.25, 0.3) is 0 Å². The van der Waals surface area contributed by atoms with E-state index in [0.29, 0.717) is 19.2 Å². The lowest BCUT2D eigenvalue weighted by Gasteiger charge is -2.34. The molecule has 1 unspecified atom stereocenters. The molecule has 3 rings (SSSR count). The van der Waals surface area contributed by atoms with Gasteiger partial charge in [0.1, 0.15) is 5.54 Å². The molecule has 0 bridgehead atoms. The highest BCUT2D eigenvalue weighted by atomic mass is 16.5. The molecule has 1 saturated carbocycles. The van der Waals surface area contributed by atoms with Gasteiger partial charge < -0.3 is 10.5 Å². The zero-order valence-corrected chi connectivity index (χ0v) is 11.7. The molecular weight excluding hydrogens is 260 g/mol. The van der Waals surface area contributed by atoms with E-state index in [9.17, 15) is 4.79 Å². The molecule has 1 aliphatic carbocycles. The van der Waals surface area contributed by atoms with Crippen molar-refractivity contribution in [3.63, 3.8) is 0 Å². The van der Waals surface area contributed by atoms with Crippen LogP contribution in [0.5, 0.6) is 0 Å². The van der Waals surface area contributed by atoms with E-state index in [1.54, 1.807) is 7.11 Å². The number of carbonyl (C=O) groups is 1. The van der Waals surface area contributed by atoms with Gasteiger partial charge in [-0.05, 0) is 42.7 Å². The van der Waals surface area contributed by atoms with Crippen molar-refractivity contribution in [3.05, 3.63) is 5.82 Å². The van der Waals surface area contributed by atoms with Gasteiger partial charge in [0.05, 0.1) is 19.2 Å². The molecule has 2 heterocycles. The first-order valence-electron chi connectivity index (χ1n) is 6.98. The van der Waals surface area contributed by atoms with Crippen LogP contribution in [0.2, 0.25) is 0 Å². The summed E-state index contributed by atoms with van der Waals surface area (Å²) < 4.78 is 7.10. The fourth-order valence-corrected chi connectivity index (χ4v) is 3.01. The third-order valence-electron chi connectivity index (χ3n) is 4.25. The summed E-state index contributed by atoms with van der Waals surface area (Å²) in [6.07, 6.45) is 3.90. The number of hydrogen-bond acceptors (Lipinski definition) is 6. The lowest BCUT2D eigenvalue weighted by atomic mass is 9.96. The number of nitrogens with two attached hydrogens (primary N) is 1. The molecule has 2 N–H and O–H groups in total. The lowest BCUT2D eigenvalue weighted by Crippen LogP contribution is -2.56. The second-order valence-electron chi connectivity index (χ2n) is 5.62. The lowest BCUT2D eigenvalue weighted by molar-refractivity contribution is -0.132. The molecule has 2 fully saturated rings.